The van der Waals surface area contributed by atoms with E-state index in [4.69, 9.17) is 4.74 Å². The molecule has 1 aromatic carbocycles. The van der Waals surface area contributed by atoms with Gasteiger partial charge in [-0.15, -0.1) is 0 Å². The molecule has 1 N–H and O–H groups in total. The smallest absolute Gasteiger partial charge is 0.234 e. The van der Waals surface area contributed by atoms with Gasteiger partial charge < -0.3 is 10.1 Å². The van der Waals surface area contributed by atoms with Gasteiger partial charge in [0, 0.05) is 12.0 Å². The van der Waals surface area contributed by atoms with Crippen LogP contribution in [0.2, 0.25) is 0 Å². The Balaban J connectivity index is 1.58. The second-order valence-electron chi connectivity index (χ2n) is 5.99. The summed E-state index contributed by atoms with van der Waals surface area (Å²) in [6, 6.07) is 8.09. The monoisotopic (exact) mass is 288 g/mol. The van der Waals surface area contributed by atoms with Crippen molar-refractivity contribution >= 4 is 5.91 Å². The van der Waals surface area contributed by atoms with Crippen molar-refractivity contribution in [3.63, 3.8) is 0 Å². The average molecular weight is 288 g/mol. The third-order valence-electron chi connectivity index (χ3n) is 4.36. The van der Waals surface area contributed by atoms with Gasteiger partial charge in [0.25, 0.3) is 0 Å². The van der Waals surface area contributed by atoms with Crippen molar-refractivity contribution < 1.29 is 9.53 Å². The maximum Gasteiger partial charge on any atom is 0.234 e. The quantitative estimate of drug-likeness (QED) is 0.929. The zero-order chi connectivity index (χ0) is 14.5. The van der Waals surface area contributed by atoms with Gasteiger partial charge in [0.05, 0.1) is 19.2 Å². The number of carbonyl (C=O) groups is 1. The van der Waals surface area contributed by atoms with Crippen LogP contribution in [0.1, 0.15) is 43.7 Å². The zero-order valence-corrected chi connectivity index (χ0v) is 12.5. The van der Waals surface area contributed by atoms with Crippen molar-refractivity contribution in [2.75, 3.05) is 26.2 Å². The van der Waals surface area contributed by atoms with Crippen LogP contribution in [0.3, 0.4) is 0 Å². The van der Waals surface area contributed by atoms with Gasteiger partial charge in [-0.2, -0.15) is 0 Å². The number of hydrogen-bond acceptors (Lipinski definition) is 3. The number of benzene rings is 1. The Morgan fingerprint density at radius 2 is 1.95 bits per heavy atom. The van der Waals surface area contributed by atoms with Gasteiger partial charge in [0.1, 0.15) is 5.75 Å². The summed E-state index contributed by atoms with van der Waals surface area (Å²) >= 11 is 0. The van der Waals surface area contributed by atoms with E-state index >= 15 is 0 Å². The topological polar surface area (TPSA) is 41.6 Å². The van der Waals surface area contributed by atoms with Crippen LogP contribution in [-0.2, 0) is 4.79 Å². The minimum Gasteiger partial charge on any atom is -0.493 e. The number of likely N-dealkylation sites (tertiary alicyclic amines) is 1. The minimum absolute atomic E-state index is 0.0921. The normalized spacial score (nSPS) is 22.8. The Bertz CT molecular complexity index is 481. The summed E-state index contributed by atoms with van der Waals surface area (Å²) in [5.41, 5.74) is 1.10. The van der Waals surface area contributed by atoms with Crippen molar-refractivity contribution in [1.82, 2.24) is 10.2 Å². The summed E-state index contributed by atoms with van der Waals surface area (Å²) in [6.07, 6.45) is 5.88. The predicted molar refractivity (Wildman–Crippen MR) is 82.3 cm³/mol. The van der Waals surface area contributed by atoms with Gasteiger partial charge in [-0.3, -0.25) is 9.69 Å². The van der Waals surface area contributed by atoms with Crippen LogP contribution in [0.15, 0.2) is 24.3 Å². The van der Waals surface area contributed by atoms with Crippen LogP contribution in [0, 0.1) is 0 Å². The highest BCUT2D eigenvalue weighted by molar-refractivity contribution is 5.78. The van der Waals surface area contributed by atoms with E-state index in [1.54, 1.807) is 0 Å². The molecule has 1 amide bonds. The molecule has 1 aromatic rings. The lowest BCUT2D eigenvalue weighted by Gasteiger charge is -2.28. The van der Waals surface area contributed by atoms with Gasteiger partial charge in [-0.1, -0.05) is 31.0 Å². The number of fused-ring (bicyclic) bond motifs is 1. The van der Waals surface area contributed by atoms with E-state index in [1.807, 2.05) is 24.3 Å². The van der Waals surface area contributed by atoms with Crippen LogP contribution in [0.5, 0.6) is 5.75 Å². The molecular weight excluding hydrogens is 264 g/mol. The summed E-state index contributed by atoms with van der Waals surface area (Å²) in [5.74, 6) is 1.04. The van der Waals surface area contributed by atoms with Gasteiger partial charge in [-0.05, 0) is 32.0 Å². The third kappa shape index (κ3) is 3.76. The van der Waals surface area contributed by atoms with Crippen molar-refractivity contribution in [1.29, 1.82) is 0 Å². The third-order valence-corrected chi connectivity index (χ3v) is 4.36. The summed E-state index contributed by atoms with van der Waals surface area (Å²) in [4.78, 5) is 14.6. The Morgan fingerprint density at radius 3 is 2.76 bits per heavy atom. The molecule has 0 saturated carbocycles. The molecule has 1 atom stereocenters. The van der Waals surface area contributed by atoms with Gasteiger partial charge in [0.2, 0.25) is 5.91 Å². The fourth-order valence-electron chi connectivity index (χ4n) is 3.23. The largest absolute Gasteiger partial charge is 0.493 e. The SMILES string of the molecule is O=C(CN1CCCCCC1)N[C@H]1CCOc2ccccc21. The first-order valence-corrected chi connectivity index (χ1v) is 8.06. The van der Waals surface area contributed by atoms with E-state index in [0.717, 1.165) is 30.8 Å². The molecule has 0 aliphatic carbocycles. The second-order valence-corrected chi connectivity index (χ2v) is 5.99. The lowest BCUT2D eigenvalue weighted by molar-refractivity contribution is -0.123. The molecule has 114 valence electrons. The minimum atomic E-state index is 0.0921. The summed E-state index contributed by atoms with van der Waals surface area (Å²) in [7, 11) is 0. The number of hydrogen-bond donors (Lipinski definition) is 1. The van der Waals surface area contributed by atoms with E-state index in [9.17, 15) is 4.79 Å². The van der Waals surface area contributed by atoms with Crippen LogP contribution in [0.4, 0.5) is 0 Å². The fraction of sp³-hybridized carbons (Fsp3) is 0.588. The first-order chi connectivity index (χ1) is 10.3. The first-order valence-electron chi connectivity index (χ1n) is 8.06. The van der Waals surface area contributed by atoms with Gasteiger partial charge in [0.15, 0.2) is 0 Å². The van der Waals surface area contributed by atoms with Crippen LogP contribution in [-0.4, -0.2) is 37.0 Å². The number of rotatable bonds is 3. The molecule has 0 radical (unpaired) electrons. The highest BCUT2D eigenvalue weighted by Crippen LogP contribution is 2.31. The molecular formula is C17H24N2O2. The van der Waals surface area contributed by atoms with E-state index in [2.05, 4.69) is 10.2 Å². The van der Waals surface area contributed by atoms with Crippen LogP contribution in [0.25, 0.3) is 0 Å². The average Bonchev–Trinajstić information content (AvgIpc) is 2.76. The van der Waals surface area contributed by atoms with E-state index in [1.165, 1.54) is 25.7 Å². The number of para-hydroxylation sites is 1. The standard InChI is InChI=1S/C17H24N2O2/c20-17(13-19-10-5-1-2-6-11-19)18-15-9-12-21-16-8-4-3-7-14(15)16/h3-4,7-8,15H,1-2,5-6,9-13H2,(H,18,20)/t15-/m0/s1. The molecule has 0 unspecified atom stereocenters. The van der Waals surface area contributed by atoms with E-state index in [0.29, 0.717) is 13.2 Å². The predicted octanol–water partition coefficient (Wildman–Crippen LogP) is 2.50. The Labute approximate surface area is 126 Å². The Kier molecular flexibility index (Phi) is 4.76. The number of carbonyl (C=O) groups excluding carboxylic acids is 1. The van der Waals surface area contributed by atoms with Crippen molar-refractivity contribution in [2.24, 2.45) is 0 Å². The van der Waals surface area contributed by atoms with Gasteiger partial charge >= 0.3 is 0 Å². The molecule has 1 saturated heterocycles. The van der Waals surface area contributed by atoms with E-state index < -0.39 is 0 Å². The summed E-state index contributed by atoms with van der Waals surface area (Å²) < 4.78 is 5.64. The van der Waals surface area contributed by atoms with Crippen molar-refractivity contribution in [2.45, 2.75) is 38.1 Å². The fourth-order valence-corrected chi connectivity index (χ4v) is 3.23. The summed E-state index contributed by atoms with van der Waals surface area (Å²) in [5, 5.41) is 3.18. The second kappa shape index (κ2) is 6.94. The molecule has 0 spiro atoms. The molecule has 4 nitrogen and oxygen atoms in total. The molecule has 2 aliphatic rings. The molecule has 2 aliphatic heterocycles. The van der Waals surface area contributed by atoms with Crippen molar-refractivity contribution in [3.05, 3.63) is 29.8 Å². The van der Waals surface area contributed by atoms with Gasteiger partial charge in [-0.25, -0.2) is 0 Å². The molecule has 0 bridgehead atoms. The molecule has 1 fully saturated rings. The first kappa shape index (κ1) is 14.4. The number of amides is 1. The highest BCUT2D eigenvalue weighted by Gasteiger charge is 2.23. The van der Waals surface area contributed by atoms with Crippen LogP contribution >= 0.6 is 0 Å². The maximum atomic E-state index is 12.3. The van der Waals surface area contributed by atoms with Crippen LogP contribution < -0.4 is 10.1 Å². The lowest BCUT2D eigenvalue weighted by atomic mass is 10.0. The van der Waals surface area contributed by atoms with E-state index in [-0.39, 0.29) is 11.9 Å². The molecule has 0 aromatic heterocycles. The highest BCUT2D eigenvalue weighted by atomic mass is 16.5. The number of ether oxygens (including phenoxy) is 1. The number of nitrogens with one attached hydrogen (secondary N) is 1. The molecule has 4 heteroatoms. The summed E-state index contributed by atoms with van der Waals surface area (Å²) in [6.45, 7) is 3.31. The molecule has 21 heavy (non-hydrogen) atoms. The van der Waals surface area contributed by atoms with Crippen molar-refractivity contribution in [3.8, 4) is 5.75 Å². The molecule has 3 rings (SSSR count). The number of nitrogens with zero attached hydrogens (tertiary/aromatic N) is 1. The molecule has 2 heterocycles. The lowest BCUT2D eigenvalue weighted by Crippen LogP contribution is -2.40. The zero-order valence-electron chi connectivity index (χ0n) is 12.5. The Morgan fingerprint density at radius 1 is 1.19 bits per heavy atom. The Hall–Kier alpha value is -1.55. The maximum absolute atomic E-state index is 12.3.